The SMILES string of the molecule is CCOC(=O)c1nnsc1NC(=O)[C@@H](C)c1ccccc1. The van der Waals surface area contributed by atoms with E-state index in [2.05, 4.69) is 14.9 Å². The van der Waals surface area contributed by atoms with Crippen molar-refractivity contribution in [2.45, 2.75) is 19.8 Å². The van der Waals surface area contributed by atoms with Crippen molar-refractivity contribution in [1.29, 1.82) is 0 Å². The number of anilines is 1. The van der Waals surface area contributed by atoms with Crippen LogP contribution in [0, 0.1) is 0 Å². The molecule has 0 aliphatic carbocycles. The quantitative estimate of drug-likeness (QED) is 0.858. The zero-order chi connectivity index (χ0) is 15.2. The summed E-state index contributed by atoms with van der Waals surface area (Å²) in [5, 5.41) is 6.69. The fraction of sp³-hybridized carbons (Fsp3) is 0.286. The normalized spacial score (nSPS) is 11.7. The summed E-state index contributed by atoms with van der Waals surface area (Å²) in [6.07, 6.45) is 0. The first-order chi connectivity index (χ1) is 10.1. The van der Waals surface area contributed by atoms with Gasteiger partial charge in [0.2, 0.25) is 11.6 Å². The maximum Gasteiger partial charge on any atom is 0.362 e. The van der Waals surface area contributed by atoms with E-state index < -0.39 is 5.97 Å². The standard InChI is InChI=1S/C14H15N3O3S/c1-3-20-14(19)11-13(21-17-16-11)15-12(18)9(2)10-7-5-4-6-8-10/h4-9H,3H2,1-2H3,(H,15,18)/t9-/m0/s1. The molecular weight excluding hydrogens is 290 g/mol. The topological polar surface area (TPSA) is 81.2 Å². The smallest absolute Gasteiger partial charge is 0.362 e. The van der Waals surface area contributed by atoms with E-state index in [4.69, 9.17) is 4.74 Å². The van der Waals surface area contributed by atoms with Crippen molar-refractivity contribution < 1.29 is 14.3 Å². The van der Waals surface area contributed by atoms with Crippen molar-refractivity contribution >= 4 is 28.4 Å². The van der Waals surface area contributed by atoms with Crippen molar-refractivity contribution in [2.24, 2.45) is 0 Å². The van der Waals surface area contributed by atoms with Gasteiger partial charge < -0.3 is 10.1 Å². The molecule has 110 valence electrons. The molecule has 0 unspecified atom stereocenters. The fourth-order valence-corrected chi connectivity index (χ4v) is 2.28. The molecule has 0 saturated carbocycles. The lowest BCUT2D eigenvalue weighted by Gasteiger charge is -2.11. The Labute approximate surface area is 126 Å². The second-order valence-electron chi connectivity index (χ2n) is 4.29. The van der Waals surface area contributed by atoms with E-state index in [9.17, 15) is 9.59 Å². The minimum Gasteiger partial charge on any atom is -0.461 e. The lowest BCUT2D eigenvalue weighted by molar-refractivity contribution is -0.117. The van der Waals surface area contributed by atoms with Crippen molar-refractivity contribution in [1.82, 2.24) is 9.59 Å². The predicted octanol–water partition coefficient (Wildman–Crippen LogP) is 2.46. The summed E-state index contributed by atoms with van der Waals surface area (Å²) < 4.78 is 8.55. The van der Waals surface area contributed by atoms with Crippen molar-refractivity contribution in [3.8, 4) is 0 Å². The average Bonchev–Trinajstić information content (AvgIpc) is 2.95. The molecule has 1 N–H and O–H groups in total. The van der Waals surface area contributed by atoms with E-state index in [1.54, 1.807) is 13.8 Å². The van der Waals surface area contributed by atoms with Gasteiger partial charge in [-0.3, -0.25) is 4.79 Å². The average molecular weight is 305 g/mol. The maximum atomic E-state index is 12.2. The molecular formula is C14H15N3O3S. The first-order valence-electron chi connectivity index (χ1n) is 6.48. The van der Waals surface area contributed by atoms with E-state index in [-0.39, 0.29) is 24.1 Å². The van der Waals surface area contributed by atoms with Gasteiger partial charge in [-0.15, -0.1) is 5.10 Å². The van der Waals surface area contributed by atoms with Crippen molar-refractivity contribution in [3.63, 3.8) is 0 Å². The molecule has 1 atom stereocenters. The van der Waals surface area contributed by atoms with Crippen LogP contribution in [0.3, 0.4) is 0 Å². The number of rotatable bonds is 5. The number of amides is 1. The van der Waals surface area contributed by atoms with Gasteiger partial charge in [0.15, 0.2) is 5.00 Å². The lowest BCUT2D eigenvalue weighted by atomic mass is 10.0. The Kier molecular flexibility index (Phi) is 4.99. The number of ether oxygens (including phenoxy) is 1. The van der Waals surface area contributed by atoms with E-state index in [1.807, 2.05) is 30.3 Å². The molecule has 1 heterocycles. The molecule has 21 heavy (non-hydrogen) atoms. The first kappa shape index (κ1) is 15.1. The molecule has 6 nitrogen and oxygen atoms in total. The van der Waals surface area contributed by atoms with Crippen LogP contribution < -0.4 is 5.32 Å². The Bertz CT molecular complexity index is 627. The molecule has 0 aliphatic rings. The van der Waals surface area contributed by atoms with Crippen LogP contribution in [0.15, 0.2) is 30.3 Å². The summed E-state index contributed by atoms with van der Waals surface area (Å²) in [4.78, 5) is 23.9. The maximum absolute atomic E-state index is 12.2. The largest absolute Gasteiger partial charge is 0.461 e. The molecule has 2 aromatic rings. The van der Waals surface area contributed by atoms with Crippen LogP contribution in [0.25, 0.3) is 0 Å². The van der Waals surface area contributed by atoms with Crippen LogP contribution in [0.5, 0.6) is 0 Å². The van der Waals surface area contributed by atoms with Crippen LogP contribution in [0.4, 0.5) is 5.00 Å². The minimum absolute atomic E-state index is 0.0375. The zero-order valence-corrected chi connectivity index (χ0v) is 12.5. The third-order valence-corrected chi connectivity index (χ3v) is 3.53. The molecule has 0 bridgehead atoms. The van der Waals surface area contributed by atoms with Gasteiger partial charge >= 0.3 is 5.97 Å². The number of hydrogen-bond donors (Lipinski definition) is 1. The third-order valence-electron chi connectivity index (χ3n) is 2.89. The third kappa shape index (κ3) is 3.63. The molecule has 0 spiro atoms. The molecule has 0 fully saturated rings. The number of hydrogen-bond acceptors (Lipinski definition) is 6. The predicted molar refractivity (Wildman–Crippen MR) is 79.4 cm³/mol. The van der Waals surface area contributed by atoms with Gasteiger partial charge in [0, 0.05) is 11.5 Å². The Morgan fingerprint density at radius 3 is 2.71 bits per heavy atom. The summed E-state index contributed by atoms with van der Waals surface area (Å²) in [5.74, 6) is -1.16. The van der Waals surface area contributed by atoms with Crippen molar-refractivity contribution in [3.05, 3.63) is 41.6 Å². The monoisotopic (exact) mass is 305 g/mol. The molecule has 0 saturated heterocycles. The number of aromatic nitrogens is 2. The number of nitrogens with zero attached hydrogens (tertiary/aromatic N) is 2. The van der Waals surface area contributed by atoms with Gasteiger partial charge in [-0.2, -0.15) is 0 Å². The number of carbonyl (C=O) groups excluding carboxylic acids is 2. The Hall–Kier alpha value is -2.28. The van der Waals surface area contributed by atoms with Crippen LogP contribution in [0.2, 0.25) is 0 Å². The molecule has 1 aromatic heterocycles. The highest BCUT2D eigenvalue weighted by Gasteiger charge is 2.22. The molecule has 2 rings (SSSR count). The van der Waals surface area contributed by atoms with E-state index in [0.29, 0.717) is 5.00 Å². The number of nitrogens with one attached hydrogen (secondary N) is 1. The van der Waals surface area contributed by atoms with Crippen LogP contribution in [-0.2, 0) is 9.53 Å². The highest BCUT2D eigenvalue weighted by molar-refractivity contribution is 7.10. The Morgan fingerprint density at radius 2 is 2.05 bits per heavy atom. The van der Waals surface area contributed by atoms with Gasteiger partial charge in [-0.1, -0.05) is 34.8 Å². The van der Waals surface area contributed by atoms with Gasteiger partial charge in [0.05, 0.1) is 12.5 Å². The number of esters is 1. The highest BCUT2D eigenvalue weighted by atomic mass is 32.1. The second kappa shape index (κ2) is 6.94. The van der Waals surface area contributed by atoms with Crippen LogP contribution in [-0.4, -0.2) is 28.1 Å². The molecule has 0 radical (unpaired) electrons. The molecule has 0 aliphatic heterocycles. The summed E-state index contributed by atoms with van der Waals surface area (Å²) in [7, 11) is 0. The van der Waals surface area contributed by atoms with E-state index in [0.717, 1.165) is 17.1 Å². The Balaban J connectivity index is 2.10. The Morgan fingerprint density at radius 1 is 1.33 bits per heavy atom. The summed E-state index contributed by atoms with van der Waals surface area (Å²) in [5.41, 5.74) is 0.931. The fourth-order valence-electron chi connectivity index (χ4n) is 1.72. The summed E-state index contributed by atoms with van der Waals surface area (Å²) in [6, 6.07) is 9.39. The summed E-state index contributed by atoms with van der Waals surface area (Å²) in [6.45, 7) is 3.74. The second-order valence-corrected chi connectivity index (χ2v) is 5.05. The number of benzene rings is 1. The van der Waals surface area contributed by atoms with Crippen molar-refractivity contribution in [2.75, 3.05) is 11.9 Å². The van der Waals surface area contributed by atoms with Gasteiger partial charge in [0.25, 0.3) is 0 Å². The van der Waals surface area contributed by atoms with E-state index >= 15 is 0 Å². The van der Waals surface area contributed by atoms with Gasteiger partial charge in [-0.25, -0.2) is 4.79 Å². The zero-order valence-electron chi connectivity index (χ0n) is 11.7. The molecule has 1 amide bonds. The molecule has 1 aromatic carbocycles. The first-order valence-corrected chi connectivity index (χ1v) is 7.26. The molecule has 7 heteroatoms. The number of carbonyl (C=O) groups is 2. The van der Waals surface area contributed by atoms with Crippen LogP contribution >= 0.6 is 11.5 Å². The van der Waals surface area contributed by atoms with Gasteiger partial charge in [0.1, 0.15) is 0 Å². The lowest BCUT2D eigenvalue weighted by Crippen LogP contribution is -2.20. The highest BCUT2D eigenvalue weighted by Crippen LogP contribution is 2.22. The van der Waals surface area contributed by atoms with Gasteiger partial charge in [-0.05, 0) is 19.4 Å². The minimum atomic E-state index is -0.589. The van der Waals surface area contributed by atoms with E-state index in [1.165, 1.54) is 0 Å². The summed E-state index contributed by atoms with van der Waals surface area (Å²) >= 11 is 0.951. The van der Waals surface area contributed by atoms with Crippen LogP contribution in [0.1, 0.15) is 35.8 Å².